The Bertz CT molecular complexity index is 2870. The van der Waals surface area contributed by atoms with Gasteiger partial charge >= 0.3 is 23.9 Å². The smallest absolute Gasteiger partial charge is 0.343 e. The van der Waals surface area contributed by atoms with E-state index < -0.39 is 58.6 Å². The lowest BCUT2D eigenvalue weighted by Gasteiger charge is -2.64. The molecule has 7 N–H and O–H groups in total. The summed E-state index contributed by atoms with van der Waals surface area (Å²) in [7, 11) is 0. The molecule has 3 amide bonds. The van der Waals surface area contributed by atoms with Crippen LogP contribution in [0, 0.1) is 11.8 Å². The zero-order chi connectivity index (χ0) is 55.0. The number of nitrogens with two attached hydrogens (primary N) is 1. The number of rotatable bonds is 15. The molecule has 3 aliphatic rings. The van der Waals surface area contributed by atoms with Gasteiger partial charge in [-0.1, -0.05) is 101 Å². The monoisotopic (exact) mass is 1030 g/mol. The number of benzene rings is 6. The molecular formula is C60H62N4O12. The van der Waals surface area contributed by atoms with E-state index in [2.05, 4.69) is 16.0 Å². The van der Waals surface area contributed by atoms with Gasteiger partial charge in [-0.15, -0.1) is 0 Å². The summed E-state index contributed by atoms with van der Waals surface area (Å²) in [5.74, 6) is -9.84. The maximum Gasteiger partial charge on any atom is 0.343 e. The van der Waals surface area contributed by atoms with Gasteiger partial charge in [-0.25, -0.2) is 19.2 Å². The van der Waals surface area contributed by atoms with Crippen LogP contribution >= 0.6 is 0 Å². The predicted molar refractivity (Wildman–Crippen MR) is 286 cm³/mol. The highest BCUT2D eigenvalue weighted by Gasteiger charge is 2.80. The summed E-state index contributed by atoms with van der Waals surface area (Å²) in [6, 6.07) is 38.5. The molecule has 3 aliphatic carbocycles. The lowest BCUT2D eigenvalue weighted by Crippen LogP contribution is -2.86. The van der Waals surface area contributed by atoms with Crippen molar-refractivity contribution < 1.29 is 58.0 Å². The molecule has 2 unspecified atom stereocenters. The van der Waals surface area contributed by atoms with Crippen LogP contribution < -0.4 is 31.2 Å². The topological polar surface area (TPSA) is 258 Å². The number of anilines is 2. The second kappa shape index (κ2) is 25.8. The van der Waals surface area contributed by atoms with Gasteiger partial charge in [-0.2, -0.15) is 0 Å². The second-order valence-electron chi connectivity index (χ2n) is 17.9. The standard InChI is InChI=1S/C51H42N4O11.C5H8O.2C2H6/c52-37-22-14-33(15-23-37)44(57)54-50(48(61)62)41(30-18-26-39(27-19-30)65-46(59)35-8-3-1-4-9-35)51(49(63)64,55-45(58)34-16-24-38(25-17-34)53-43(56)32-12-7-13-32)42(50)31-20-28-40(29-21-31)66-47(60)36-10-5-2-6-11-36;6-4-5-2-1-3-5;2*1-2/h1-6,8-11,14-29,32,41-42H,7,12-13,52H2,(H,53,56)(H,54,57)(H,55,58)(H,61,62)(H,63,64);4-5H,1-3H2;2*1-2H3. The summed E-state index contributed by atoms with van der Waals surface area (Å²) in [6.07, 6.45) is 7.11. The lowest BCUT2D eigenvalue weighted by atomic mass is 9.43. The number of aldehydes is 1. The van der Waals surface area contributed by atoms with E-state index in [1.54, 1.807) is 60.7 Å². The number of nitrogens with one attached hydrogen (secondary N) is 3. The Balaban J connectivity index is 0.000000858. The molecule has 0 heterocycles. The van der Waals surface area contributed by atoms with Crippen molar-refractivity contribution in [1.29, 1.82) is 0 Å². The molecule has 76 heavy (non-hydrogen) atoms. The molecule has 2 atom stereocenters. The fraction of sp³-hybridized carbons (Fsp3) is 0.267. The first kappa shape index (κ1) is 56.4. The molecule has 6 aromatic rings. The average molecular weight is 1030 g/mol. The van der Waals surface area contributed by atoms with E-state index in [-0.39, 0.29) is 56.7 Å². The van der Waals surface area contributed by atoms with Crippen LogP contribution in [0.2, 0.25) is 0 Å². The zero-order valence-corrected chi connectivity index (χ0v) is 42.7. The number of hydrogen-bond acceptors (Lipinski definition) is 11. The lowest BCUT2D eigenvalue weighted by molar-refractivity contribution is -0.171. The van der Waals surface area contributed by atoms with E-state index in [1.165, 1.54) is 103 Å². The third-order valence-electron chi connectivity index (χ3n) is 13.4. The molecule has 3 fully saturated rings. The maximum atomic E-state index is 14.5. The number of carbonyl (C=O) groups excluding carboxylic acids is 6. The second-order valence-corrected chi connectivity index (χ2v) is 17.9. The summed E-state index contributed by atoms with van der Waals surface area (Å²) in [5.41, 5.74) is 2.05. The van der Waals surface area contributed by atoms with Crippen molar-refractivity contribution in [3.8, 4) is 11.5 Å². The molecular weight excluding hydrogens is 969 g/mol. The van der Waals surface area contributed by atoms with Gasteiger partial charge in [-0.3, -0.25) is 14.4 Å². The Labute approximate surface area is 441 Å². The molecule has 0 aliphatic heterocycles. The van der Waals surface area contributed by atoms with E-state index in [0.29, 0.717) is 17.3 Å². The third kappa shape index (κ3) is 12.4. The molecule has 9 rings (SSSR count). The first-order valence-electron chi connectivity index (χ1n) is 25.3. The molecule has 16 heteroatoms. The van der Waals surface area contributed by atoms with Gasteiger partial charge < -0.3 is 46.2 Å². The maximum absolute atomic E-state index is 14.5. The quantitative estimate of drug-likeness (QED) is 0.0243. The minimum atomic E-state index is -2.55. The van der Waals surface area contributed by atoms with Crippen LogP contribution in [-0.4, -0.2) is 69.2 Å². The first-order chi connectivity index (χ1) is 36.7. The Hall–Kier alpha value is -8.92. The fourth-order valence-electron chi connectivity index (χ4n) is 9.18. The summed E-state index contributed by atoms with van der Waals surface area (Å²) in [6.45, 7) is 8.00. The number of carboxylic acids is 2. The van der Waals surface area contributed by atoms with E-state index in [4.69, 9.17) is 15.2 Å². The minimum absolute atomic E-state index is 0.00461. The number of carbonyl (C=O) groups is 8. The van der Waals surface area contributed by atoms with Gasteiger partial charge in [0.15, 0.2) is 11.1 Å². The molecule has 6 aromatic carbocycles. The van der Waals surface area contributed by atoms with E-state index in [1.807, 2.05) is 27.7 Å². The summed E-state index contributed by atoms with van der Waals surface area (Å²) in [5, 5.41) is 31.2. The summed E-state index contributed by atoms with van der Waals surface area (Å²) >= 11 is 0. The van der Waals surface area contributed by atoms with Crippen molar-refractivity contribution in [3.05, 3.63) is 191 Å². The Morgan fingerprint density at radius 1 is 0.513 bits per heavy atom. The molecule has 0 aromatic heterocycles. The molecule has 0 spiro atoms. The highest BCUT2D eigenvalue weighted by atomic mass is 16.5. The van der Waals surface area contributed by atoms with Crippen molar-refractivity contribution in [1.82, 2.24) is 10.6 Å². The van der Waals surface area contributed by atoms with E-state index in [0.717, 1.165) is 38.4 Å². The highest BCUT2D eigenvalue weighted by molar-refractivity contribution is 6.06. The van der Waals surface area contributed by atoms with Gasteiger partial charge in [0.05, 0.1) is 23.0 Å². The number of aliphatic carboxylic acids is 2. The van der Waals surface area contributed by atoms with Gasteiger partial charge in [-0.05, 0) is 134 Å². The molecule has 0 radical (unpaired) electrons. The number of amides is 3. The number of esters is 2. The third-order valence-corrected chi connectivity index (χ3v) is 13.4. The van der Waals surface area contributed by atoms with Gasteiger partial charge in [0.1, 0.15) is 17.8 Å². The van der Waals surface area contributed by atoms with Crippen molar-refractivity contribution in [2.75, 3.05) is 11.1 Å². The van der Waals surface area contributed by atoms with Crippen LogP contribution in [0.5, 0.6) is 11.5 Å². The number of ether oxygens (including phenoxy) is 2. The largest absolute Gasteiger partial charge is 0.479 e. The molecule has 394 valence electrons. The van der Waals surface area contributed by atoms with Crippen LogP contribution in [0.1, 0.15) is 131 Å². The normalized spacial score (nSPS) is 19.1. The number of nitrogen functional groups attached to an aromatic ring is 1. The van der Waals surface area contributed by atoms with Gasteiger partial charge in [0.25, 0.3) is 11.8 Å². The van der Waals surface area contributed by atoms with Crippen LogP contribution in [-0.2, 0) is 19.2 Å². The molecule has 0 saturated heterocycles. The molecule has 3 saturated carbocycles. The van der Waals surface area contributed by atoms with Gasteiger partial charge in [0, 0.05) is 34.3 Å². The highest BCUT2D eigenvalue weighted by Crippen LogP contribution is 2.63. The first-order valence-corrected chi connectivity index (χ1v) is 25.3. The Morgan fingerprint density at radius 3 is 1.21 bits per heavy atom. The molecule has 16 nitrogen and oxygen atoms in total. The summed E-state index contributed by atoms with van der Waals surface area (Å²) in [4.78, 5) is 105. The summed E-state index contributed by atoms with van der Waals surface area (Å²) < 4.78 is 11.1. The Morgan fingerprint density at radius 2 is 0.895 bits per heavy atom. The van der Waals surface area contributed by atoms with Crippen LogP contribution in [0.15, 0.2) is 158 Å². The Kier molecular flexibility index (Phi) is 19.2. The average Bonchev–Trinajstić information content (AvgIpc) is 3.41. The van der Waals surface area contributed by atoms with Gasteiger partial charge in [0.2, 0.25) is 5.91 Å². The number of hydrogen-bond donors (Lipinski definition) is 6. The van der Waals surface area contributed by atoms with Crippen molar-refractivity contribution in [2.45, 2.75) is 89.1 Å². The van der Waals surface area contributed by atoms with Crippen molar-refractivity contribution in [3.63, 3.8) is 0 Å². The fourth-order valence-corrected chi connectivity index (χ4v) is 9.18. The minimum Gasteiger partial charge on any atom is -0.479 e. The van der Waals surface area contributed by atoms with Crippen molar-refractivity contribution >= 4 is 59.3 Å². The van der Waals surface area contributed by atoms with Crippen molar-refractivity contribution in [2.24, 2.45) is 11.8 Å². The zero-order valence-electron chi connectivity index (χ0n) is 42.7. The van der Waals surface area contributed by atoms with E-state index >= 15 is 0 Å². The van der Waals surface area contributed by atoms with Crippen LogP contribution in [0.4, 0.5) is 11.4 Å². The predicted octanol–water partition coefficient (Wildman–Crippen LogP) is 9.87. The number of carboxylic acid groups (broad SMARTS) is 2. The van der Waals surface area contributed by atoms with Crippen LogP contribution in [0.3, 0.4) is 0 Å². The van der Waals surface area contributed by atoms with Crippen LogP contribution in [0.25, 0.3) is 0 Å². The van der Waals surface area contributed by atoms with E-state index in [9.17, 15) is 48.6 Å². The molecule has 0 bridgehead atoms. The SMILES string of the molecule is CC.CC.Nc1ccc(C(=O)NC2(C(=O)O)C(c3ccc(OC(=O)c4ccccc4)cc3)C(NC(=O)c3ccc(NC(=O)C4CCC4)cc3)(C(=O)O)C2c2ccc(OC(=O)c3ccccc3)cc2)cc1.O=CC1CCC1.